The van der Waals surface area contributed by atoms with Crippen LogP contribution in [0.25, 0.3) is 0 Å². The minimum absolute atomic E-state index is 0.115. The highest BCUT2D eigenvalue weighted by atomic mass is 19.4. The summed E-state index contributed by atoms with van der Waals surface area (Å²) >= 11 is 0. The van der Waals surface area contributed by atoms with E-state index in [4.69, 9.17) is 0 Å². The van der Waals surface area contributed by atoms with Crippen LogP contribution in [0, 0.1) is 0 Å². The smallest absolute Gasteiger partial charge is 0.313 e. The molecule has 1 rings (SSSR count). The van der Waals surface area contributed by atoms with Crippen molar-refractivity contribution in [1.82, 2.24) is 5.32 Å². The van der Waals surface area contributed by atoms with Gasteiger partial charge in [0.1, 0.15) is 0 Å². The van der Waals surface area contributed by atoms with Crippen molar-refractivity contribution in [2.45, 2.75) is 73.4 Å². The number of hydrogen-bond donors (Lipinski definition) is 1. The van der Waals surface area contributed by atoms with Crippen LogP contribution in [0.15, 0.2) is 30.3 Å². The Kier molecular flexibility index (Phi) is 9.17. The molecule has 0 aliphatic heterocycles. The molecular weight excluding hydrogens is 565 g/mol. The van der Waals surface area contributed by atoms with Crippen molar-refractivity contribution in [3.05, 3.63) is 35.9 Å². The van der Waals surface area contributed by atoms with Crippen LogP contribution in [0.2, 0.25) is 0 Å². The highest BCUT2D eigenvalue weighted by molar-refractivity contribution is 5.15. The van der Waals surface area contributed by atoms with Crippen molar-refractivity contribution in [3.8, 4) is 0 Å². The van der Waals surface area contributed by atoms with Crippen LogP contribution in [0.4, 0.5) is 74.6 Å². The zero-order valence-electron chi connectivity index (χ0n) is 17.8. The number of unbranched alkanes of at least 4 members (excludes halogenated alkanes) is 1. The molecule has 0 aliphatic carbocycles. The summed E-state index contributed by atoms with van der Waals surface area (Å²) in [6, 6.07) is 8.07. The van der Waals surface area contributed by atoms with Gasteiger partial charge in [-0.05, 0) is 24.9 Å². The molecule has 0 bridgehead atoms. The van der Waals surface area contributed by atoms with Crippen molar-refractivity contribution in [3.63, 3.8) is 0 Å². The van der Waals surface area contributed by atoms with Crippen LogP contribution in [0.1, 0.15) is 24.8 Å². The maximum Gasteiger partial charge on any atom is 0.460 e. The highest BCUT2D eigenvalue weighted by Gasteiger charge is 2.95. The lowest BCUT2D eigenvalue weighted by Crippen LogP contribution is -2.74. The largest absolute Gasteiger partial charge is 0.460 e. The molecule has 0 saturated carbocycles. The lowest BCUT2D eigenvalue weighted by Gasteiger charge is -2.42. The van der Waals surface area contributed by atoms with Gasteiger partial charge < -0.3 is 5.32 Å². The Hall–Kier alpha value is -2.01. The van der Waals surface area contributed by atoms with Gasteiger partial charge in [0, 0.05) is 13.0 Å². The number of nitrogens with one attached hydrogen (secondary N) is 1. The predicted octanol–water partition coefficient (Wildman–Crippen LogP) is 7.96. The van der Waals surface area contributed by atoms with Crippen LogP contribution < -0.4 is 5.32 Å². The van der Waals surface area contributed by atoms with Gasteiger partial charge in [-0.2, -0.15) is 74.6 Å². The summed E-state index contributed by atoms with van der Waals surface area (Å²) < 4.78 is 224. The van der Waals surface area contributed by atoms with Gasteiger partial charge in [0.2, 0.25) is 0 Å². The van der Waals surface area contributed by atoms with Crippen molar-refractivity contribution in [2.24, 2.45) is 0 Å². The van der Waals surface area contributed by atoms with Crippen LogP contribution in [0.3, 0.4) is 0 Å². The molecule has 0 unspecified atom stereocenters. The maximum atomic E-state index is 13.8. The van der Waals surface area contributed by atoms with Crippen LogP contribution in [-0.4, -0.2) is 54.2 Å². The first kappa shape index (κ1) is 33.0. The first-order chi connectivity index (χ1) is 16.3. The van der Waals surface area contributed by atoms with Crippen molar-refractivity contribution >= 4 is 0 Å². The first-order valence-corrected chi connectivity index (χ1v) is 9.79. The fraction of sp³-hybridized carbons (Fsp3) is 0.684. The van der Waals surface area contributed by atoms with Crippen molar-refractivity contribution in [1.29, 1.82) is 0 Å². The standard InChI is InChI=1S/C19H16F17N/c20-12(21,8-4-5-9-37-10-11-6-2-1-3-7-11)13(22,23)14(24,25)15(26,27)16(28,29)17(30,31)18(32,33)19(34,35)36/h1-3,6-7,37H,4-5,8-10H2. The minimum Gasteiger partial charge on any atom is -0.313 e. The van der Waals surface area contributed by atoms with Crippen LogP contribution in [0.5, 0.6) is 0 Å². The summed E-state index contributed by atoms with van der Waals surface area (Å²) in [5.74, 6) is -55.9. The summed E-state index contributed by atoms with van der Waals surface area (Å²) in [6.07, 6.45) is -11.8. The van der Waals surface area contributed by atoms with Gasteiger partial charge in [-0.3, -0.25) is 0 Å². The Morgan fingerprint density at radius 1 is 0.486 bits per heavy atom. The van der Waals surface area contributed by atoms with Crippen LogP contribution in [-0.2, 0) is 6.54 Å². The zero-order valence-corrected chi connectivity index (χ0v) is 17.8. The fourth-order valence-electron chi connectivity index (χ4n) is 2.78. The minimum atomic E-state index is -8.59. The Morgan fingerprint density at radius 3 is 1.32 bits per heavy atom. The van der Waals surface area contributed by atoms with E-state index < -0.39 is 66.9 Å². The van der Waals surface area contributed by atoms with Gasteiger partial charge in [0.15, 0.2) is 0 Å². The third-order valence-electron chi connectivity index (χ3n) is 5.05. The lowest BCUT2D eigenvalue weighted by molar-refractivity contribution is -0.461. The summed E-state index contributed by atoms with van der Waals surface area (Å²) in [7, 11) is 0. The highest BCUT2D eigenvalue weighted by Crippen LogP contribution is 2.64. The normalized spacial score (nSPS) is 15.3. The summed E-state index contributed by atoms with van der Waals surface area (Å²) in [5.41, 5.74) is 0.662. The molecule has 0 amide bonds. The predicted molar refractivity (Wildman–Crippen MR) is 92.7 cm³/mol. The number of alkyl halides is 17. The van der Waals surface area contributed by atoms with Crippen molar-refractivity contribution in [2.75, 3.05) is 6.54 Å². The molecule has 0 saturated heterocycles. The molecule has 1 N–H and O–H groups in total. The molecule has 0 fully saturated rings. The molecule has 18 heteroatoms. The molecular formula is C19H16F17N. The quantitative estimate of drug-likeness (QED) is 0.184. The second-order valence-electron chi connectivity index (χ2n) is 7.77. The third-order valence-corrected chi connectivity index (χ3v) is 5.05. The van der Waals surface area contributed by atoms with E-state index in [2.05, 4.69) is 5.32 Å². The second-order valence-corrected chi connectivity index (χ2v) is 7.77. The SMILES string of the molecule is FC(F)(F)C(F)(F)C(F)(F)C(F)(F)C(F)(F)C(F)(F)C(F)(F)C(F)(F)CCCCNCc1ccccc1. The van der Waals surface area contributed by atoms with E-state index in [1.54, 1.807) is 30.3 Å². The van der Waals surface area contributed by atoms with Gasteiger partial charge in [0.05, 0.1) is 0 Å². The zero-order chi connectivity index (χ0) is 29.4. The molecule has 216 valence electrons. The van der Waals surface area contributed by atoms with Gasteiger partial charge in [0.25, 0.3) is 0 Å². The van der Waals surface area contributed by atoms with Gasteiger partial charge in [-0.1, -0.05) is 30.3 Å². The van der Waals surface area contributed by atoms with Gasteiger partial charge in [-0.15, -0.1) is 0 Å². The maximum absolute atomic E-state index is 13.8. The van der Waals surface area contributed by atoms with E-state index in [0.29, 0.717) is 5.56 Å². The molecule has 1 nitrogen and oxygen atoms in total. The summed E-state index contributed by atoms with van der Waals surface area (Å²) in [4.78, 5) is 0. The van der Waals surface area contributed by atoms with E-state index in [-0.39, 0.29) is 13.1 Å². The molecule has 37 heavy (non-hydrogen) atoms. The average molecular weight is 581 g/mol. The molecule has 1 aromatic carbocycles. The Morgan fingerprint density at radius 2 is 0.892 bits per heavy atom. The van der Waals surface area contributed by atoms with E-state index in [1.807, 2.05) is 0 Å². The second kappa shape index (κ2) is 10.3. The molecule has 0 aliphatic rings. The Bertz CT molecular complexity index is 876. The molecule has 0 atom stereocenters. The van der Waals surface area contributed by atoms with E-state index in [0.717, 1.165) is 0 Å². The van der Waals surface area contributed by atoms with Gasteiger partial charge >= 0.3 is 47.6 Å². The lowest BCUT2D eigenvalue weighted by atomic mass is 9.88. The van der Waals surface area contributed by atoms with Crippen LogP contribution >= 0.6 is 0 Å². The molecule has 0 spiro atoms. The van der Waals surface area contributed by atoms with E-state index in [9.17, 15) is 74.6 Å². The molecule has 0 heterocycles. The summed E-state index contributed by atoms with van der Waals surface area (Å²) in [6.45, 7) is -0.122. The topological polar surface area (TPSA) is 12.0 Å². The Labute approximate surface area is 197 Å². The molecule has 1 aromatic rings. The number of benzene rings is 1. The van der Waals surface area contributed by atoms with E-state index in [1.165, 1.54) is 0 Å². The number of hydrogen-bond acceptors (Lipinski definition) is 1. The van der Waals surface area contributed by atoms with E-state index >= 15 is 0 Å². The molecule has 0 aromatic heterocycles. The third kappa shape index (κ3) is 5.57. The average Bonchev–Trinajstić information content (AvgIpc) is 2.75. The fourth-order valence-corrected chi connectivity index (χ4v) is 2.78. The summed E-state index contributed by atoms with van der Waals surface area (Å²) in [5, 5.41) is 2.60. The number of rotatable bonds is 13. The number of halogens is 17. The van der Waals surface area contributed by atoms with Crippen molar-refractivity contribution < 1.29 is 74.6 Å². The monoisotopic (exact) mass is 581 g/mol. The first-order valence-electron chi connectivity index (χ1n) is 9.79. The van der Waals surface area contributed by atoms with Gasteiger partial charge in [-0.25, -0.2) is 0 Å². The Balaban J connectivity index is 3.07. The molecule has 0 radical (unpaired) electrons.